The van der Waals surface area contributed by atoms with Crippen LogP contribution in [0.4, 0.5) is 41.1 Å². The molecule has 21 heteroatoms. The molecule has 2 aliphatic rings. The van der Waals surface area contributed by atoms with Gasteiger partial charge in [-0.25, -0.2) is 35.2 Å². The summed E-state index contributed by atoms with van der Waals surface area (Å²) in [6, 6.07) is 39.7. The first-order valence-corrected chi connectivity index (χ1v) is 25.0. The summed E-state index contributed by atoms with van der Waals surface area (Å²) < 4.78 is 75.2. The Bertz CT molecular complexity index is 2950. The van der Waals surface area contributed by atoms with E-state index in [1.54, 1.807) is 117 Å². The molecule has 6 aromatic carbocycles. The number of rotatable bonds is 8. The van der Waals surface area contributed by atoms with Crippen molar-refractivity contribution in [3.8, 4) is 0 Å². The third-order valence-corrected chi connectivity index (χ3v) is 13.2. The number of carbonyl (C=O) groups is 4. The highest BCUT2D eigenvalue weighted by Gasteiger charge is 2.27. The van der Waals surface area contributed by atoms with Gasteiger partial charge in [-0.2, -0.15) is 0 Å². The van der Waals surface area contributed by atoms with Gasteiger partial charge in [0.25, 0.3) is 30.9 Å². The molecule has 0 bridgehead atoms. The van der Waals surface area contributed by atoms with Crippen LogP contribution >= 0.6 is 10.7 Å². The second-order valence-corrected chi connectivity index (χ2v) is 19.6. The molecule has 2 saturated heterocycles. The van der Waals surface area contributed by atoms with E-state index in [2.05, 4.69) is 15.4 Å². The average molecular weight is 1000 g/mol. The van der Waals surface area contributed by atoms with Gasteiger partial charge < -0.3 is 36.0 Å². The van der Waals surface area contributed by atoms with E-state index in [-0.39, 0.29) is 39.2 Å². The lowest BCUT2D eigenvalue weighted by Gasteiger charge is -2.34. The largest absolute Gasteiger partial charge is 0.399 e. The minimum absolute atomic E-state index is 0.136. The first kappa shape index (κ1) is 50.9. The zero-order valence-electron chi connectivity index (χ0n) is 36.8. The molecule has 2 heterocycles. The van der Waals surface area contributed by atoms with Crippen molar-refractivity contribution in [2.24, 2.45) is 0 Å². The molecule has 6 aromatic rings. The first-order chi connectivity index (χ1) is 32.9. The number of hydrogen-bond acceptors (Lipinski definition) is 9. The Kier molecular flexibility index (Phi) is 17.3. The molecule has 5 N–H and O–H groups in total. The highest BCUT2D eigenvalue weighted by Crippen LogP contribution is 2.20. The van der Waals surface area contributed by atoms with Crippen LogP contribution in [0.3, 0.4) is 0 Å². The van der Waals surface area contributed by atoms with Crippen LogP contribution in [-0.4, -0.2) is 113 Å². The Balaban J connectivity index is 0.000000195. The number of piperazine rings is 2. The lowest BCUT2D eigenvalue weighted by Crippen LogP contribution is -2.51. The van der Waals surface area contributed by atoms with Crippen molar-refractivity contribution >= 4 is 76.4 Å². The number of benzene rings is 6. The minimum atomic E-state index is -3.70. The topological polar surface area (TPSA) is 212 Å². The molecule has 0 aromatic heterocycles. The van der Waals surface area contributed by atoms with Gasteiger partial charge in [0, 0.05) is 96.9 Å². The van der Waals surface area contributed by atoms with E-state index in [0.29, 0.717) is 80.7 Å². The monoisotopic (exact) mass is 1000 g/mol. The van der Waals surface area contributed by atoms with Gasteiger partial charge in [-0.1, -0.05) is 48.5 Å². The number of urea groups is 2. The Morgan fingerprint density at radius 1 is 0.464 bits per heavy atom. The summed E-state index contributed by atoms with van der Waals surface area (Å²) >= 11 is 0. The Labute approximate surface area is 402 Å². The number of sulfonamides is 1. The highest BCUT2D eigenvalue weighted by molar-refractivity contribution is 8.13. The van der Waals surface area contributed by atoms with Crippen molar-refractivity contribution in [3.05, 3.63) is 180 Å². The number of nitrogens with two attached hydrogens (primary N) is 1. The van der Waals surface area contributed by atoms with E-state index in [4.69, 9.17) is 16.4 Å². The molecule has 2 aliphatic heterocycles. The van der Waals surface area contributed by atoms with Crippen molar-refractivity contribution in [1.82, 2.24) is 19.6 Å². The maximum Gasteiger partial charge on any atom is 0.321 e. The number of amides is 6. The minimum Gasteiger partial charge on any atom is -0.399 e. The first-order valence-electron chi connectivity index (χ1n) is 21.2. The van der Waals surface area contributed by atoms with Gasteiger partial charge in [-0.3, -0.25) is 14.3 Å². The predicted octanol–water partition coefficient (Wildman–Crippen LogP) is 7.63. The second-order valence-electron chi connectivity index (χ2n) is 15.3. The van der Waals surface area contributed by atoms with E-state index < -0.39 is 30.7 Å². The Hall–Kier alpha value is -7.55. The van der Waals surface area contributed by atoms with E-state index >= 15 is 0 Å². The van der Waals surface area contributed by atoms with Gasteiger partial charge in [-0.05, 0) is 109 Å². The molecule has 0 radical (unpaired) electrons. The van der Waals surface area contributed by atoms with Gasteiger partial charge in [0.2, 0.25) is 0 Å². The quantitative estimate of drug-likeness (QED) is 0.0871. The van der Waals surface area contributed by atoms with Crippen LogP contribution in [0.5, 0.6) is 0 Å². The molecule has 0 spiro atoms. The molecule has 0 atom stereocenters. The van der Waals surface area contributed by atoms with E-state index in [0.717, 1.165) is 0 Å². The number of nitrogen functional groups attached to an aromatic ring is 1. The van der Waals surface area contributed by atoms with Crippen molar-refractivity contribution in [2.45, 2.75) is 9.79 Å². The number of halogens is 3. The van der Waals surface area contributed by atoms with E-state index in [9.17, 15) is 44.8 Å². The van der Waals surface area contributed by atoms with Gasteiger partial charge >= 0.3 is 12.1 Å². The smallest absolute Gasteiger partial charge is 0.321 e. The SMILES string of the molecule is Nc1ccc(NC(=O)N2CCN(C(=O)c3cccc(F)c3)CC2)cc1.O=C(Nc1ccc(NS(=O)(=O)c2ccccc2)cc1)N1CCN(C(=O)c2cccc(F)c2)CC1.O=S(=O)(Cl)c1ccccc1. The number of nitrogens with one attached hydrogen (secondary N) is 3. The lowest BCUT2D eigenvalue weighted by molar-refractivity contribution is 0.0666. The summed E-state index contributed by atoms with van der Waals surface area (Å²) in [5.41, 5.74) is 8.38. The number of hydrogen-bond donors (Lipinski definition) is 4. The van der Waals surface area contributed by atoms with Gasteiger partial charge in [0.05, 0.1) is 9.79 Å². The molecule has 0 unspecified atom stereocenters. The van der Waals surface area contributed by atoms with Gasteiger partial charge in [0.1, 0.15) is 11.6 Å². The number of anilines is 4. The van der Waals surface area contributed by atoms with Crippen LogP contribution in [-0.2, 0) is 19.1 Å². The summed E-state index contributed by atoms with van der Waals surface area (Å²) in [4.78, 5) is 56.5. The number of nitrogens with zero attached hydrogens (tertiary/aromatic N) is 4. The standard InChI is InChI=1S/C24H23FN4O4S.C18H19FN4O2.C6H5ClO2S/c25-19-6-4-5-18(17-19)23(30)28-13-15-29(16-14-28)24(31)26-20-9-11-21(12-10-20)27-34(32,33)22-7-2-1-3-8-22;19-14-3-1-2-13(12-14)17(24)22-8-10-23(11-9-22)18(25)21-16-6-4-15(20)5-7-16;7-10(8,9)6-4-2-1-3-5-6/h1-12,17,27H,13-16H2,(H,26,31);1-7,12H,8-11,20H2,(H,21,25);1-5H. The molecular formula is C48H47ClF2N8O8S2. The molecule has 16 nitrogen and oxygen atoms in total. The molecule has 0 saturated carbocycles. The molecule has 2 fully saturated rings. The lowest BCUT2D eigenvalue weighted by atomic mass is 10.2. The summed E-state index contributed by atoms with van der Waals surface area (Å²) in [6.45, 7) is 2.99. The maximum atomic E-state index is 13.4. The molecule has 360 valence electrons. The van der Waals surface area contributed by atoms with Crippen LogP contribution in [0.15, 0.2) is 168 Å². The normalized spacial score (nSPS) is 13.7. The number of carbonyl (C=O) groups excluding carboxylic acids is 4. The Morgan fingerprint density at radius 2 is 0.826 bits per heavy atom. The van der Waals surface area contributed by atoms with Crippen molar-refractivity contribution in [1.29, 1.82) is 0 Å². The summed E-state index contributed by atoms with van der Waals surface area (Å²) in [5, 5.41) is 5.57. The third-order valence-electron chi connectivity index (χ3n) is 10.5. The fourth-order valence-electron chi connectivity index (χ4n) is 6.82. The van der Waals surface area contributed by atoms with Gasteiger partial charge in [-0.15, -0.1) is 0 Å². The summed E-state index contributed by atoms with van der Waals surface area (Å²) in [7, 11) is -2.20. The molecule has 0 aliphatic carbocycles. The summed E-state index contributed by atoms with van der Waals surface area (Å²) in [5.74, 6) is -1.40. The zero-order valence-corrected chi connectivity index (χ0v) is 39.1. The van der Waals surface area contributed by atoms with E-state index in [1.807, 2.05) is 0 Å². The van der Waals surface area contributed by atoms with Crippen LogP contribution in [0.25, 0.3) is 0 Å². The van der Waals surface area contributed by atoms with E-state index in [1.165, 1.54) is 60.7 Å². The molecule has 6 amide bonds. The van der Waals surface area contributed by atoms with Crippen molar-refractivity contribution in [2.75, 3.05) is 73.4 Å². The summed E-state index contributed by atoms with van der Waals surface area (Å²) in [6.07, 6.45) is 0. The predicted molar refractivity (Wildman–Crippen MR) is 260 cm³/mol. The van der Waals surface area contributed by atoms with Crippen LogP contribution in [0, 0.1) is 11.6 Å². The maximum absolute atomic E-state index is 13.4. The fourth-order valence-corrected chi connectivity index (χ4v) is 8.69. The molecular weight excluding hydrogens is 954 g/mol. The second kappa shape index (κ2) is 23.5. The fraction of sp³-hybridized carbons (Fsp3) is 0.167. The Morgan fingerprint density at radius 3 is 1.20 bits per heavy atom. The van der Waals surface area contributed by atoms with Gasteiger partial charge in [0.15, 0.2) is 0 Å². The average Bonchev–Trinajstić information content (AvgIpc) is 3.35. The third kappa shape index (κ3) is 15.0. The van der Waals surface area contributed by atoms with Crippen LogP contribution in [0.1, 0.15) is 20.7 Å². The van der Waals surface area contributed by atoms with Crippen LogP contribution in [0.2, 0.25) is 0 Å². The zero-order chi connectivity index (χ0) is 49.6. The highest BCUT2D eigenvalue weighted by atomic mass is 35.7. The van der Waals surface area contributed by atoms with Crippen molar-refractivity contribution in [3.63, 3.8) is 0 Å². The molecule has 69 heavy (non-hydrogen) atoms. The van der Waals surface area contributed by atoms with Crippen LogP contribution < -0.4 is 21.1 Å². The molecule has 8 rings (SSSR count). The van der Waals surface area contributed by atoms with Crippen molar-refractivity contribution < 1.29 is 44.8 Å².